The molecule has 0 aliphatic heterocycles. The van der Waals surface area contributed by atoms with Gasteiger partial charge >= 0.3 is 0 Å². The van der Waals surface area contributed by atoms with Crippen LogP contribution in [0.15, 0.2) is 42.0 Å². The molecule has 0 radical (unpaired) electrons. The Morgan fingerprint density at radius 1 is 1.20 bits per heavy atom. The zero-order valence-electron chi connectivity index (χ0n) is 9.10. The van der Waals surface area contributed by atoms with Crippen LogP contribution in [0.1, 0.15) is 19.4 Å². The molecule has 1 aromatic rings. The minimum Gasteiger partial charge on any atom is -0.228 e. The lowest BCUT2D eigenvalue weighted by molar-refractivity contribution is 0.598. The van der Waals surface area contributed by atoms with Crippen molar-refractivity contribution in [1.82, 2.24) is 0 Å². The molecular weight excluding hydrogens is 208 g/mol. The Bertz CT molecular complexity index is 426. The van der Waals surface area contributed by atoms with Gasteiger partial charge in [-0.2, -0.15) is 0 Å². The van der Waals surface area contributed by atoms with Gasteiger partial charge < -0.3 is 0 Å². The van der Waals surface area contributed by atoms with E-state index < -0.39 is 9.84 Å². The van der Waals surface area contributed by atoms with Gasteiger partial charge in [0.15, 0.2) is 9.84 Å². The molecule has 2 nitrogen and oxygen atoms in total. The molecule has 0 amide bonds. The fraction of sp³-hybridized carbons (Fsp3) is 0.333. The maximum Gasteiger partial charge on any atom is 0.157 e. The number of hydrogen-bond acceptors (Lipinski definition) is 2. The average Bonchev–Trinajstić information content (AvgIpc) is 2.16. The Balaban J connectivity index is 2.70. The minimum absolute atomic E-state index is 0.123. The van der Waals surface area contributed by atoms with E-state index in [-0.39, 0.29) is 11.5 Å². The van der Waals surface area contributed by atoms with Crippen LogP contribution in [0, 0.1) is 0 Å². The molecule has 0 bridgehead atoms. The predicted octanol–water partition coefficient (Wildman–Crippen LogP) is 2.57. The average molecular weight is 224 g/mol. The maximum atomic E-state index is 11.7. The first-order valence-corrected chi connectivity index (χ1v) is 6.69. The van der Waals surface area contributed by atoms with Crippen molar-refractivity contribution in [2.75, 3.05) is 5.75 Å². The van der Waals surface area contributed by atoms with Gasteiger partial charge in [-0.05, 0) is 19.4 Å². The summed E-state index contributed by atoms with van der Waals surface area (Å²) in [6.45, 7) is 3.80. The number of benzene rings is 1. The molecule has 0 fully saturated rings. The van der Waals surface area contributed by atoms with E-state index >= 15 is 0 Å². The second-order valence-electron chi connectivity index (χ2n) is 3.82. The Morgan fingerprint density at radius 3 is 2.33 bits per heavy atom. The Kier molecular flexibility index (Phi) is 4.09. The Morgan fingerprint density at radius 2 is 1.80 bits per heavy atom. The van der Waals surface area contributed by atoms with Crippen LogP contribution in [0.5, 0.6) is 0 Å². The molecule has 15 heavy (non-hydrogen) atoms. The van der Waals surface area contributed by atoms with E-state index in [1.165, 1.54) is 0 Å². The summed E-state index contributed by atoms with van der Waals surface area (Å²) in [7, 11) is -3.01. The normalized spacial score (nSPS) is 11.1. The molecule has 0 saturated heterocycles. The van der Waals surface area contributed by atoms with Crippen molar-refractivity contribution >= 4 is 9.84 Å². The van der Waals surface area contributed by atoms with Crippen molar-refractivity contribution in [3.05, 3.63) is 47.5 Å². The summed E-state index contributed by atoms with van der Waals surface area (Å²) in [5, 5.41) is 0. The summed E-state index contributed by atoms with van der Waals surface area (Å²) in [6.07, 6.45) is 1.75. The first-order chi connectivity index (χ1) is 6.99. The molecule has 82 valence electrons. The van der Waals surface area contributed by atoms with Crippen molar-refractivity contribution in [3.63, 3.8) is 0 Å². The van der Waals surface area contributed by atoms with E-state index in [0.717, 1.165) is 11.1 Å². The van der Waals surface area contributed by atoms with E-state index in [1.807, 2.05) is 44.2 Å². The smallest absolute Gasteiger partial charge is 0.157 e. The van der Waals surface area contributed by atoms with Crippen LogP contribution >= 0.6 is 0 Å². The topological polar surface area (TPSA) is 34.1 Å². The lowest BCUT2D eigenvalue weighted by Gasteiger charge is -2.01. The van der Waals surface area contributed by atoms with E-state index in [2.05, 4.69) is 0 Å². The summed E-state index contributed by atoms with van der Waals surface area (Å²) in [4.78, 5) is 0. The summed E-state index contributed by atoms with van der Waals surface area (Å²) in [6, 6.07) is 9.25. The fourth-order valence-corrected chi connectivity index (χ4v) is 2.59. The maximum absolute atomic E-state index is 11.7. The summed E-state index contributed by atoms with van der Waals surface area (Å²) < 4.78 is 23.3. The van der Waals surface area contributed by atoms with Gasteiger partial charge in [0.2, 0.25) is 0 Å². The van der Waals surface area contributed by atoms with Crippen molar-refractivity contribution in [2.45, 2.75) is 19.6 Å². The molecule has 0 atom stereocenters. The van der Waals surface area contributed by atoms with Crippen LogP contribution in [-0.2, 0) is 15.6 Å². The van der Waals surface area contributed by atoms with E-state index in [1.54, 1.807) is 6.08 Å². The van der Waals surface area contributed by atoms with Gasteiger partial charge in [0, 0.05) is 0 Å². The highest BCUT2D eigenvalue weighted by Gasteiger charge is 2.09. The van der Waals surface area contributed by atoms with Crippen LogP contribution in [0.25, 0.3) is 0 Å². The molecule has 3 heteroatoms. The van der Waals surface area contributed by atoms with Crippen LogP contribution in [0.2, 0.25) is 0 Å². The molecule has 0 aliphatic rings. The van der Waals surface area contributed by atoms with Crippen LogP contribution in [-0.4, -0.2) is 14.2 Å². The van der Waals surface area contributed by atoms with Gasteiger partial charge in [0.1, 0.15) is 0 Å². The predicted molar refractivity (Wildman–Crippen MR) is 63.4 cm³/mol. The second kappa shape index (κ2) is 5.12. The monoisotopic (exact) mass is 224 g/mol. The highest BCUT2D eigenvalue weighted by Crippen LogP contribution is 2.07. The molecule has 0 saturated carbocycles. The van der Waals surface area contributed by atoms with Crippen molar-refractivity contribution in [2.24, 2.45) is 0 Å². The molecule has 0 heterocycles. The Hall–Kier alpha value is -1.09. The first-order valence-electron chi connectivity index (χ1n) is 4.87. The van der Waals surface area contributed by atoms with Crippen LogP contribution in [0.3, 0.4) is 0 Å². The molecule has 0 unspecified atom stereocenters. The third-order valence-corrected chi connectivity index (χ3v) is 3.42. The highest BCUT2D eigenvalue weighted by molar-refractivity contribution is 7.90. The largest absolute Gasteiger partial charge is 0.228 e. The minimum atomic E-state index is -3.01. The molecule has 0 spiro atoms. The van der Waals surface area contributed by atoms with Gasteiger partial charge in [-0.3, -0.25) is 0 Å². The van der Waals surface area contributed by atoms with Gasteiger partial charge in [0.05, 0.1) is 11.5 Å². The van der Waals surface area contributed by atoms with E-state index in [0.29, 0.717) is 0 Å². The molecular formula is C12H16O2S. The summed E-state index contributed by atoms with van der Waals surface area (Å²) in [5.74, 6) is 0.252. The zero-order valence-corrected chi connectivity index (χ0v) is 9.92. The van der Waals surface area contributed by atoms with Gasteiger partial charge in [-0.25, -0.2) is 8.42 Å². The van der Waals surface area contributed by atoms with Crippen molar-refractivity contribution in [1.29, 1.82) is 0 Å². The fourth-order valence-electron chi connectivity index (χ4n) is 1.18. The first kappa shape index (κ1) is 12.0. The highest BCUT2D eigenvalue weighted by atomic mass is 32.2. The van der Waals surface area contributed by atoms with Gasteiger partial charge in [0.25, 0.3) is 0 Å². The lowest BCUT2D eigenvalue weighted by atomic mass is 10.2. The number of sulfone groups is 1. The van der Waals surface area contributed by atoms with Gasteiger partial charge in [-0.1, -0.05) is 42.0 Å². The summed E-state index contributed by atoms with van der Waals surface area (Å²) in [5.41, 5.74) is 1.88. The molecule has 0 N–H and O–H groups in total. The molecule has 0 aliphatic carbocycles. The SMILES string of the molecule is CC(C)=CCS(=O)(=O)Cc1ccccc1. The molecule has 1 rings (SSSR count). The standard InChI is InChI=1S/C12H16O2S/c1-11(2)8-9-15(13,14)10-12-6-4-3-5-7-12/h3-8H,9-10H2,1-2H3. The van der Waals surface area contributed by atoms with E-state index in [9.17, 15) is 8.42 Å². The number of rotatable bonds is 4. The second-order valence-corrected chi connectivity index (χ2v) is 5.93. The summed E-state index contributed by atoms with van der Waals surface area (Å²) >= 11 is 0. The van der Waals surface area contributed by atoms with Crippen molar-refractivity contribution < 1.29 is 8.42 Å². The quantitative estimate of drug-likeness (QED) is 0.737. The zero-order chi connectivity index (χ0) is 11.3. The molecule has 0 aromatic heterocycles. The lowest BCUT2D eigenvalue weighted by Crippen LogP contribution is -2.07. The van der Waals surface area contributed by atoms with Crippen molar-refractivity contribution in [3.8, 4) is 0 Å². The number of hydrogen-bond donors (Lipinski definition) is 0. The van der Waals surface area contributed by atoms with Crippen LogP contribution in [0.4, 0.5) is 0 Å². The van der Waals surface area contributed by atoms with Gasteiger partial charge in [-0.15, -0.1) is 0 Å². The third kappa shape index (κ3) is 4.79. The Labute approximate surface area is 91.6 Å². The van der Waals surface area contributed by atoms with E-state index in [4.69, 9.17) is 0 Å². The number of allylic oxidation sites excluding steroid dienone is 1. The van der Waals surface area contributed by atoms with Crippen LogP contribution < -0.4 is 0 Å². The molecule has 1 aromatic carbocycles. The third-order valence-electron chi connectivity index (χ3n) is 1.97.